The van der Waals surface area contributed by atoms with E-state index < -0.39 is 0 Å². The Hall–Kier alpha value is -1.68. The van der Waals surface area contributed by atoms with Crippen molar-refractivity contribution < 1.29 is 5.11 Å². The van der Waals surface area contributed by atoms with Crippen LogP contribution in [0.25, 0.3) is 0 Å². The third-order valence-corrected chi connectivity index (χ3v) is 6.47. The highest BCUT2D eigenvalue weighted by Gasteiger charge is 2.31. The van der Waals surface area contributed by atoms with Crippen molar-refractivity contribution in [1.29, 1.82) is 0 Å². The topological polar surface area (TPSA) is 26.7 Å². The van der Waals surface area contributed by atoms with Gasteiger partial charge in [-0.05, 0) is 67.3 Å². The van der Waals surface area contributed by atoms with Crippen LogP contribution in [0.2, 0.25) is 0 Å². The summed E-state index contributed by atoms with van der Waals surface area (Å²) in [6.07, 6.45) is 5.28. The summed E-state index contributed by atoms with van der Waals surface area (Å²) in [6.45, 7) is 6.68. The fourth-order valence-electron chi connectivity index (χ4n) is 4.83. The second kappa shape index (κ2) is 9.69. The normalized spacial score (nSPS) is 22.5. The molecule has 0 unspecified atom stereocenters. The van der Waals surface area contributed by atoms with E-state index in [1.807, 2.05) is 0 Å². The predicted molar refractivity (Wildman–Crippen MR) is 115 cm³/mol. The van der Waals surface area contributed by atoms with Crippen molar-refractivity contribution in [2.45, 2.75) is 44.7 Å². The third-order valence-electron chi connectivity index (χ3n) is 6.47. The number of aliphatic hydroxyl groups excluding tert-OH is 1. The number of nitrogens with zero attached hydrogens (tertiary/aromatic N) is 2. The van der Waals surface area contributed by atoms with Crippen LogP contribution in [0, 0.1) is 5.92 Å². The minimum absolute atomic E-state index is 0.238. The second-order valence-electron chi connectivity index (χ2n) is 8.70. The smallest absolute Gasteiger partial charge is 0.0558 e. The maximum atomic E-state index is 9.43. The number of hydrogen-bond donors (Lipinski definition) is 1. The molecule has 0 aromatic heterocycles. The molecule has 1 N–H and O–H groups in total. The van der Waals surface area contributed by atoms with Crippen molar-refractivity contribution in [2.75, 3.05) is 32.8 Å². The Morgan fingerprint density at radius 2 is 1.61 bits per heavy atom. The number of rotatable bonds is 9. The molecule has 2 fully saturated rings. The minimum atomic E-state index is 0.238. The van der Waals surface area contributed by atoms with E-state index in [1.165, 1.54) is 55.5 Å². The SMILES string of the molecule is OCCN(Cc1ccccc1)CC1CC(c2ccc(CN3CCCC3)cc2)C1. The Bertz CT molecular complexity index is 703. The van der Waals surface area contributed by atoms with Gasteiger partial charge in [0.25, 0.3) is 0 Å². The largest absolute Gasteiger partial charge is 0.395 e. The van der Waals surface area contributed by atoms with Gasteiger partial charge in [0.1, 0.15) is 0 Å². The Morgan fingerprint density at radius 3 is 2.29 bits per heavy atom. The van der Waals surface area contributed by atoms with Gasteiger partial charge in [0.05, 0.1) is 6.61 Å². The van der Waals surface area contributed by atoms with Crippen LogP contribution in [0.15, 0.2) is 54.6 Å². The zero-order chi connectivity index (χ0) is 19.2. The summed E-state index contributed by atoms with van der Waals surface area (Å²) in [6, 6.07) is 20.0. The second-order valence-corrected chi connectivity index (χ2v) is 8.70. The van der Waals surface area contributed by atoms with E-state index in [-0.39, 0.29) is 6.61 Å². The van der Waals surface area contributed by atoms with Crippen LogP contribution in [-0.4, -0.2) is 47.7 Å². The molecule has 0 atom stereocenters. The van der Waals surface area contributed by atoms with Gasteiger partial charge >= 0.3 is 0 Å². The van der Waals surface area contributed by atoms with Gasteiger partial charge in [-0.15, -0.1) is 0 Å². The lowest BCUT2D eigenvalue weighted by molar-refractivity contribution is 0.128. The van der Waals surface area contributed by atoms with E-state index in [2.05, 4.69) is 64.4 Å². The molecule has 2 aromatic rings. The maximum absolute atomic E-state index is 9.43. The Labute approximate surface area is 170 Å². The molecule has 28 heavy (non-hydrogen) atoms. The molecule has 3 heteroatoms. The molecule has 0 bridgehead atoms. The standard InChI is InChI=1S/C25H34N2O/c28-15-14-27(19-21-6-2-1-3-7-21)20-23-16-25(17-23)24-10-8-22(9-11-24)18-26-12-4-5-13-26/h1-3,6-11,23,25,28H,4-5,12-20H2. The summed E-state index contributed by atoms with van der Waals surface area (Å²) in [5.74, 6) is 1.48. The molecule has 1 aliphatic heterocycles. The predicted octanol–water partition coefficient (Wildman–Crippen LogP) is 4.27. The Balaban J connectivity index is 1.25. The molecule has 0 amide bonds. The van der Waals surface area contributed by atoms with Crippen LogP contribution < -0.4 is 0 Å². The Kier molecular flexibility index (Phi) is 6.79. The van der Waals surface area contributed by atoms with E-state index in [9.17, 15) is 5.11 Å². The minimum Gasteiger partial charge on any atom is -0.395 e. The van der Waals surface area contributed by atoms with E-state index in [0.717, 1.165) is 38.0 Å². The van der Waals surface area contributed by atoms with Crippen LogP contribution in [0.5, 0.6) is 0 Å². The van der Waals surface area contributed by atoms with Crippen LogP contribution >= 0.6 is 0 Å². The van der Waals surface area contributed by atoms with Crippen LogP contribution in [-0.2, 0) is 13.1 Å². The highest BCUT2D eigenvalue weighted by molar-refractivity contribution is 5.27. The lowest BCUT2D eigenvalue weighted by Gasteiger charge is -2.39. The quantitative estimate of drug-likeness (QED) is 0.706. The first-order chi connectivity index (χ1) is 13.8. The number of likely N-dealkylation sites (tertiary alicyclic amines) is 1. The summed E-state index contributed by atoms with van der Waals surface area (Å²) < 4.78 is 0. The fraction of sp³-hybridized carbons (Fsp3) is 0.520. The van der Waals surface area contributed by atoms with Crippen molar-refractivity contribution in [2.24, 2.45) is 5.92 Å². The van der Waals surface area contributed by atoms with Gasteiger partial charge in [-0.25, -0.2) is 0 Å². The molecule has 2 aromatic carbocycles. The molecule has 150 valence electrons. The molecule has 1 aliphatic carbocycles. The molecule has 0 spiro atoms. The first-order valence-electron chi connectivity index (χ1n) is 11.0. The van der Waals surface area contributed by atoms with Gasteiger partial charge in [0.2, 0.25) is 0 Å². The number of hydrogen-bond acceptors (Lipinski definition) is 3. The van der Waals surface area contributed by atoms with Crippen molar-refractivity contribution in [3.8, 4) is 0 Å². The summed E-state index contributed by atoms with van der Waals surface area (Å²) in [5, 5.41) is 9.43. The van der Waals surface area contributed by atoms with Crippen LogP contribution in [0.3, 0.4) is 0 Å². The number of aliphatic hydroxyl groups is 1. The lowest BCUT2D eigenvalue weighted by atomic mass is 9.71. The van der Waals surface area contributed by atoms with Crippen LogP contribution in [0.1, 0.15) is 48.3 Å². The Morgan fingerprint density at radius 1 is 0.893 bits per heavy atom. The summed E-state index contributed by atoms with van der Waals surface area (Å²) in [4.78, 5) is 4.98. The van der Waals surface area contributed by atoms with E-state index in [0.29, 0.717) is 0 Å². The summed E-state index contributed by atoms with van der Waals surface area (Å²) >= 11 is 0. The van der Waals surface area contributed by atoms with Gasteiger partial charge < -0.3 is 5.11 Å². The molecule has 2 aliphatic rings. The molecule has 1 saturated carbocycles. The van der Waals surface area contributed by atoms with Gasteiger partial charge in [-0.2, -0.15) is 0 Å². The monoisotopic (exact) mass is 378 g/mol. The first-order valence-corrected chi connectivity index (χ1v) is 11.0. The first kappa shape index (κ1) is 19.6. The average molecular weight is 379 g/mol. The van der Waals surface area contributed by atoms with E-state index >= 15 is 0 Å². The molecule has 0 radical (unpaired) electrons. The zero-order valence-corrected chi connectivity index (χ0v) is 17.0. The number of benzene rings is 2. The van der Waals surface area contributed by atoms with Gasteiger partial charge in [-0.1, -0.05) is 54.6 Å². The van der Waals surface area contributed by atoms with Crippen molar-refractivity contribution >= 4 is 0 Å². The van der Waals surface area contributed by atoms with Crippen LogP contribution in [0.4, 0.5) is 0 Å². The average Bonchev–Trinajstić information content (AvgIpc) is 3.19. The molecule has 1 heterocycles. The van der Waals surface area contributed by atoms with Crippen molar-refractivity contribution in [1.82, 2.24) is 9.80 Å². The fourth-order valence-corrected chi connectivity index (χ4v) is 4.83. The molecule has 3 nitrogen and oxygen atoms in total. The summed E-state index contributed by atoms with van der Waals surface area (Å²) in [5.41, 5.74) is 4.30. The molecular formula is C25H34N2O. The van der Waals surface area contributed by atoms with Gasteiger partial charge in [-0.3, -0.25) is 9.80 Å². The third kappa shape index (κ3) is 5.22. The maximum Gasteiger partial charge on any atom is 0.0558 e. The zero-order valence-electron chi connectivity index (χ0n) is 17.0. The highest BCUT2D eigenvalue weighted by Crippen LogP contribution is 2.42. The van der Waals surface area contributed by atoms with Gasteiger partial charge in [0, 0.05) is 26.2 Å². The molecular weight excluding hydrogens is 344 g/mol. The highest BCUT2D eigenvalue weighted by atomic mass is 16.3. The van der Waals surface area contributed by atoms with Crippen molar-refractivity contribution in [3.05, 3.63) is 71.3 Å². The van der Waals surface area contributed by atoms with Crippen molar-refractivity contribution in [3.63, 3.8) is 0 Å². The molecule has 4 rings (SSSR count). The van der Waals surface area contributed by atoms with Gasteiger partial charge in [0.15, 0.2) is 0 Å². The van der Waals surface area contributed by atoms with E-state index in [4.69, 9.17) is 0 Å². The lowest BCUT2D eigenvalue weighted by Crippen LogP contribution is -2.36. The summed E-state index contributed by atoms with van der Waals surface area (Å²) in [7, 11) is 0. The van der Waals surface area contributed by atoms with E-state index in [1.54, 1.807) is 0 Å². The molecule has 1 saturated heterocycles.